The number of anilines is 6. The van der Waals surface area contributed by atoms with Crippen LogP contribution in [0.2, 0.25) is 0 Å². The number of hydrogen-bond donors (Lipinski definition) is 2. The summed E-state index contributed by atoms with van der Waals surface area (Å²) in [5, 5.41) is 10.1. The molecule has 1 aromatic heterocycles. The molecule has 0 aliphatic carbocycles. The van der Waals surface area contributed by atoms with Gasteiger partial charge in [0.2, 0.25) is 0 Å². The highest BCUT2D eigenvalue weighted by Crippen LogP contribution is 2.45. The molecule has 6 heteroatoms. The second kappa shape index (κ2) is 17.7. The molecule has 11 rings (SSSR count). The first kappa shape index (κ1) is 41.5. The minimum atomic E-state index is -0.222. The van der Waals surface area contributed by atoms with Crippen LogP contribution in [-0.4, -0.2) is 10.4 Å². The van der Waals surface area contributed by atoms with Crippen LogP contribution >= 0.6 is 0 Å². The van der Waals surface area contributed by atoms with Gasteiger partial charge in [-0.1, -0.05) is 133 Å². The molecule has 1 aliphatic heterocycles. The van der Waals surface area contributed by atoms with Crippen molar-refractivity contribution in [2.24, 2.45) is 4.99 Å². The lowest BCUT2D eigenvalue weighted by Crippen LogP contribution is -2.45. The monoisotopic (exact) mass is 868 g/mol. The summed E-state index contributed by atoms with van der Waals surface area (Å²) in [5.74, 6) is 0.880. The summed E-state index contributed by atoms with van der Waals surface area (Å²) in [6.07, 6.45) is -0.406. The van der Waals surface area contributed by atoms with Crippen molar-refractivity contribution in [3.05, 3.63) is 257 Å². The van der Waals surface area contributed by atoms with Gasteiger partial charge in [-0.15, -0.1) is 0 Å². The van der Waals surface area contributed by atoms with E-state index < -0.39 is 0 Å². The average Bonchev–Trinajstić information content (AvgIpc) is 3.70. The van der Waals surface area contributed by atoms with Crippen LogP contribution in [0.3, 0.4) is 0 Å². The molecule has 2 unspecified atom stereocenters. The molecule has 2 atom stereocenters. The molecule has 9 aromatic carbocycles. The highest BCUT2D eigenvalue weighted by molar-refractivity contribution is 6.12. The van der Waals surface area contributed by atoms with Gasteiger partial charge in [0.1, 0.15) is 18.2 Å². The zero-order valence-electron chi connectivity index (χ0n) is 38.2. The number of aliphatic imine (C=N–C) groups is 1. The number of benzene rings is 9. The Balaban J connectivity index is 1.12. The standard InChI is InChI=1S/C61H52N6/c1-41-43(3)58(44(4)42(2)57(41)61-63-59(45-23-11-5-12-24-45)62-60(64-61)46-25-13-6-14-26-46)67-55-37-35-51(65(47-27-15-7-16-28-47)48-29-17-8-18-30-48)39-53(55)54-40-52(36-38-56(54)67)66(49-31-19-9-20-32-49)50-33-21-10-22-34-50/h5-40,59,61,63H,1-4H3,(H,62,64). The van der Waals surface area contributed by atoms with Crippen molar-refractivity contribution in [1.82, 2.24) is 15.2 Å². The molecule has 0 spiro atoms. The number of rotatable bonds is 10. The van der Waals surface area contributed by atoms with E-state index in [9.17, 15) is 0 Å². The summed E-state index contributed by atoms with van der Waals surface area (Å²) in [6.45, 7) is 9.16. The predicted octanol–water partition coefficient (Wildman–Crippen LogP) is 15.3. The van der Waals surface area contributed by atoms with Gasteiger partial charge >= 0.3 is 0 Å². The Morgan fingerprint density at radius 3 is 1.22 bits per heavy atom. The number of hydrogen-bond acceptors (Lipinski definition) is 5. The molecule has 1 aliphatic rings. The highest BCUT2D eigenvalue weighted by atomic mass is 15.3. The first-order valence-corrected chi connectivity index (χ1v) is 23.1. The maximum absolute atomic E-state index is 5.23. The topological polar surface area (TPSA) is 47.8 Å². The fraction of sp³-hybridized carbons (Fsp3) is 0.0984. The predicted molar refractivity (Wildman–Crippen MR) is 280 cm³/mol. The van der Waals surface area contributed by atoms with Gasteiger partial charge in [0.05, 0.1) is 16.7 Å². The molecule has 2 N–H and O–H groups in total. The third-order valence-electron chi connectivity index (χ3n) is 13.5. The van der Waals surface area contributed by atoms with Gasteiger partial charge < -0.3 is 19.7 Å². The second-order valence-corrected chi connectivity index (χ2v) is 17.4. The van der Waals surface area contributed by atoms with Crippen LogP contribution in [0.1, 0.15) is 51.3 Å². The van der Waals surface area contributed by atoms with Crippen LogP contribution in [-0.2, 0) is 0 Å². The van der Waals surface area contributed by atoms with Crippen LogP contribution in [0.4, 0.5) is 34.1 Å². The average molecular weight is 869 g/mol. The van der Waals surface area contributed by atoms with Crippen molar-refractivity contribution >= 4 is 61.8 Å². The molecule has 326 valence electrons. The Morgan fingerprint density at radius 1 is 0.418 bits per heavy atom. The Labute approximate surface area is 393 Å². The van der Waals surface area contributed by atoms with Crippen LogP contribution < -0.4 is 20.4 Å². The molecular weight excluding hydrogens is 817 g/mol. The van der Waals surface area contributed by atoms with Crippen LogP contribution in [0.5, 0.6) is 0 Å². The number of aromatic nitrogens is 1. The van der Waals surface area contributed by atoms with Crippen LogP contribution in [0, 0.1) is 27.7 Å². The largest absolute Gasteiger partial charge is 0.350 e. The first-order valence-electron chi connectivity index (χ1n) is 23.1. The van der Waals surface area contributed by atoms with Crippen molar-refractivity contribution in [3.63, 3.8) is 0 Å². The summed E-state index contributed by atoms with van der Waals surface area (Å²) in [7, 11) is 0. The van der Waals surface area contributed by atoms with Gasteiger partial charge in [0.25, 0.3) is 0 Å². The zero-order chi connectivity index (χ0) is 45.4. The molecular formula is C61H52N6. The van der Waals surface area contributed by atoms with Gasteiger partial charge in [-0.05, 0) is 146 Å². The lowest BCUT2D eigenvalue weighted by Gasteiger charge is -2.35. The molecule has 6 nitrogen and oxygen atoms in total. The van der Waals surface area contributed by atoms with Gasteiger partial charge in [-0.2, -0.15) is 0 Å². The van der Waals surface area contributed by atoms with Crippen LogP contribution in [0.15, 0.2) is 223 Å². The summed E-state index contributed by atoms with van der Waals surface area (Å²) >= 11 is 0. The van der Waals surface area contributed by atoms with Crippen molar-refractivity contribution < 1.29 is 0 Å². The normalized spacial score (nSPS) is 14.7. The van der Waals surface area contributed by atoms with Gasteiger partial charge in [0.15, 0.2) is 0 Å². The van der Waals surface area contributed by atoms with Crippen molar-refractivity contribution in [2.75, 3.05) is 9.80 Å². The van der Waals surface area contributed by atoms with E-state index in [1.807, 2.05) is 0 Å². The van der Waals surface area contributed by atoms with Gasteiger partial charge in [0, 0.05) is 50.5 Å². The second-order valence-electron chi connectivity index (χ2n) is 17.4. The smallest absolute Gasteiger partial charge is 0.131 e. The minimum absolute atomic E-state index is 0.184. The molecule has 0 bridgehead atoms. The molecule has 0 fully saturated rings. The number of nitrogens with one attached hydrogen (secondary N) is 2. The number of nitrogens with zero attached hydrogens (tertiary/aromatic N) is 4. The molecule has 67 heavy (non-hydrogen) atoms. The summed E-state index contributed by atoms with van der Waals surface area (Å²) in [4.78, 5) is 9.93. The van der Waals surface area contributed by atoms with E-state index in [4.69, 9.17) is 4.99 Å². The minimum Gasteiger partial charge on any atom is -0.350 e. The van der Waals surface area contributed by atoms with Crippen molar-refractivity contribution in [1.29, 1.82) is 0 Å². The number of fused-ring (bicyclic) bond motifs is 3. The van der Waals surface area contributed by atoms with E-state index in [1.54, 1.807) is 0 Å². The summed E-state index contributed by atoms with van der Waals surface area (Å²) < 4.78 is 2.52. The Bertz CT molecular complexity index is 3140. The Morgan fingerprint density at radius 2 is 0.806 bits per heavy atom. The quantitative estimate of drug-likeness (QED) is 0.144. The van der Waals surface area contributed by atoms with E-state index in [2.05, 4.69) is 271 Å². The van der Waals surface area contributed by atoms with Crippen molar-refractivity contribution in [2.45, 2.75) is 40.0 Å². The van der Waals surface area contributed by atoms with E-state index in [-0.39, 0.29) is 12.3 Å². The summed E-state index contributed by atoms with van der Waals surface area (Å²) in [6, 6.07) is 77.6. The Hall–Kier alpha value is -8.19. The Kier molecular flexibility index (Phi) is 10.9. The van der Waals surface area contributed by atoms with E-state index >= 15 is 0 Å². The molecule has 0 amide bonds. The number of amidine groups is 1. The molecule has 2 heterocycles. The van der Waals surface area contributed by atoms with Crippen LogP contribution in [0.25, 0.3) is 27.5 Å². The van der Waals surface area contributed by atoms with E-state index in [0.717, 1.165) is 62.1 Å². The first-order chi connectivity index (χ1) is 32.9. The van der Waals surface area contributed by atoms with Crippen molar-refractivity contribution in [3.8, 4) is 5.69 Å². The van der Waals surface area contributed by atoms with Gasteiger partial charge in [-0.25, -0.2) is 4.99 Å². The summed E-state index contributed by atoms with van der Waals surface area (Å²) in [5.41, 5.74) is 18.5. The third-order valence-corrected chi connectivity index (χ3v) is 13.5. The maximum Gasteiger partial charge on any atom is 0.131 e. The third kappa shape index (κ3) is 7.61. The number of para-hydroxylation sites is 4. The molecule has 10 aromatic rings. The maximum atomic E-state index is 5.23. The SMILES string of the molecule is Cc1c(C)c(-n2c3ccc(N(c4ccccc4)c4ccccc4)cc3c3cc(N(c4ccccc4)c4ccccc4)ccc32)c(C)c(C)c1C1NC(c2ccccc2)=NC(c2ccccc2)N1. The molecule has 0 radical (unpaired) electrons. The van der Waals surface area contributed by atoms with E-state index in [0.29, 0.717) is 0 Å². The molecule has 0 saturated carbocycles. The van der Waals surface area contributed by atoms with E-state index in [1.165, 1.54) is 44.3 Å². The van der Waals surface area contributed by atoms with Gasteiger partial charge in [-0.3, -0.25) is 5.32 Å². The lowest BCUT2D eigenvalue weighted by atomic mass is 9.89. The molecule has 0 saturated heterocycles. The lowest BCUT2D eigenvalue weighted by molar-refractivity contribution is 0.406. The fourth-order valence-corrected chi connectivity index (χ4v) is 10.1. The fourth-order valence-electron chi connectivity index (χ4n) is 10.1. The zero-order valence-corrected chi connectivity index (χ0v) is 38.2. The highest BCUT2D eigenvalue weighted by Gasteiger charge is 2.31.